The maximum absolute atomic E-state index is 12.8. The minimum Gasteiger partial charge on any atom is -0.493 e. The van der Waals surface area contributed by atoms with Crippen LogP contribution in [0.4, 0.5) is 0 Å². The molecular weight excluding hydrogens is 506 g/mol. The molecule has 0 spiro atoms. The molecule has 0 radical (unpaired) electrons. The number of nitrogens with zero attached hydrogens (tertiary/aromatic N) is 5. The van der Waals surface area contributed by atoms with Gasteiger partial charge in [0.1, 0.15) is 6.10 Å². The van der Waals surface area contributed by atoms with Crippen LogP contribution in [0, 0.1) is 0 Å². The highest BCUT2D eigenvalue weighted by molar-refractivity contribution is 5.91. The molecule has 39 heavy (non-hydrogen) atoms. The summed E-state index contributed by atoms with van der Waals surface area (Å²) in [5.74, 6) is 0.265. The normalized spacial score (nSPS) is 23.3. The van der Waals surface area contributed by atoms with Gasteiger partial charge < -0.3 is 33.5 Å². The molecule has 1 aromatic carbocycles. The van der Waals surface area contributed by atoms with Gasteiger partial charge in [-0.1, -0.05) is 5.21 Å². The number of esters is 2. The van der Waals surface area contributed by atoms with E-state index in [0.29, 0.717) is 55.3 Å². The summed E-state index contributed by atoms with van der Waals surface area (Å²) >= 11 is 0. The lowest BCUT2D eigenvalue weighted by atomic mass is 10.1. The minimum absolute atomic E-state index is 0.190. The Morgan fingerprint density at radius 2 is 1.67 bits per heavy atom. The molecule has 1 aromatic heterocycles. The quantitative estimate of drug-likeness (QED) is 0.526. The first kappa shape index (κ1) is 28.6. The zero-order chi connectivity index (χ0) is 27.6. The van der Waals surface area contributed by atoms with Gasteiger partial charge in [0.2, 0.25) is 5.75 Å². The van der Waals surface area contributed by atoms with Crippen LogP contribution in [0.2, 0.25) is 0 Å². The van der Waals surface area contributed by atoms with Crippen LogP contribution in [0.3, 0.4) is 0 Å². The monoisotopic (exact) mass is 545 g/mol. The lowest BCUT2D eigenvalue weighted by Gasteiger charge is -2.24. The molecular formula is C27H39N5O7. The van der Waals surface area contributed by atoms with Crippen molar-refractivity contribution < 1.29 is 33.3 Å². The largest absolute Gasteiger partial charge is 0.493 e. The van der Waals surface area contributed by atoms with Crippen molar-refractivity contribution in [3.05, 3.63) is 29.6 Å². The lowest BCUT2D eigenvalue weighted by molar-refractivity contribution is 0.0215. The van der Waals surface area contributed by atoms with E-state index in [1.165, 1.54) is 18.9 Å². The van der Waals surface area contributed by atoms with Gasteiger partial charge in [-0.15, -0.1) is 5.10 Å². The predicted molar refractivity (Wildman–Crippen MR) is 141 cm³/mol. The minimum atomic E-state index is -0.480. The number of hydrogen-bond acceptors (Lipinski definition) is 11. The maximum Gasteiger partial charge on any atom is 0.360 e. The standard InChI is InChI=1S/C27H39N5O7/c1-30-19-22(28-29-30)27(34)39-21-7-4-15-37-24-18-20(17-23(35-2)25(24)36-3)26(33)38-16-6-11-31-9-5-10-32(12-8-21)14-13-31/h17-19,21H,4-16H2,1-3H3. The van der Waals surface area contributed by atoms with Gasteiger partial charge in [0, 0.05) is 33.2 Å². The van der Waals surface area contributed by atoms with Crippen LogP contribution in [0.1, 0.15) is 53.0 Å². The molecule has 12 heteroatoms. The number of rotatable bonds is 4. The molecule has 12 nitrogen and oxygen atoms in total. The third-order valence-electron chi connectivity index (χ3n) is 6.99. The number of aryl methyl sites for hydroxylation is 1. The van der Waals surface area contributed by atoms with Gasteiger partial charge in [0.05, 0.1) is 39.2 Å². The zero-order valence-corrected chi connectivity index (χ0v) is 23.1. The highest BCUT2D eigenvalue weighted by Crippen LogP contribution is 2.38. The first-order valence-electron chi connectivity index (χ1n) is 13.5. The Balaban J connectivity index is 1.50. The third-order valence-corrected chi connectivity index (χ3v) is 6.99. The number of benzene rings is 1. The lowest BCUT2D eigenvalue weighted by Crippen LogP contribution is -2.34. The maximum atomic E-state index is 12.8. The molecule has 0 N–H and O–H groups in total. The number of methoxy groups -OCH3 is 2. The van der Waals surface area contributed by atoms with Crippen LogP contribution in [-0.4, -0.2) is 110 Å². The first-order valence-corrected chi connectivity index (χ1v) is 13.5. The van der Waals surface area contributed by atoms with E-state index in [2.05, 4.69) is 20.1 Å². The third kappa shape index (κ3) is 8.06. The molecule has 0 aliphatic carbocycles. The van der Waals surface area contributed by atoms with Crippen LogP contribution in [0.15, 0.2) is 18.3 Å². The Hall–Kier alpha value is -3.38. The van der Waals surface area contributed by atoms with E-state index in [-0.39, 0.29) is 11.8 Å². The Labute approximate surface area is 229 Å². The average Bonchev–Trinajstić information content (AvgIpc) is 3.25. The molecule has 3 atom stereocenters. The molecule has 3 heterocycles. The van der Waals surface area contributed by atoms with Crippen LogP contribution in [0.5, 0.6) is 17.2 Å². The van der Waals surface area contributed by atoms with Gasteiger partial charge in [0.25, 0.3) is 0 Å². The number of ether oxygens (including phenoxy) is 5. The van der Waals surface area contributed by atoms with Crippen molar-refractivity contribution in [2.75, 3.05) is 66.7 Å². The van der Waals surface area contributed by atoms with E-state index in [1.54, 1.807) is 25.4 Å². The summed E-state index contributed by atoms with van der Waals surface area (Å²) in [6.45, 7) is 6.25. The van der Waals surface area contributed by atoms with Crippen LogP contribution in [0.25, 0.3) is 0 Å². The van der Waals surface area contributed by atoms with Crippen molar-refractivity contribution in [2.45, 2.75) is 38.2 Å². The highest BCUT2D eigenvalue weighted by Gasteiger charge is 2.23. The molecule has 2 aliphatic heterocycles. The molecule has 0 amide bonds. The van der Waals surface area contributed by atoms with E-state index in [4.69, 9.17) is 23.7 Å². The van der Waals surface area contributed by atoms with Crippen LogP contribution < -0.4 is 14.2 Å². The summed E-state index contributed by atoms with van der Waals surface area (Å²) in [6, 6.07) is 3.22. The van der Waals surface area contributed by atoms with Crippen molar-refractivity contribution in [2.24, 2.45) is 7.05 Å². The van der Waals surface area contributed by atoms with Crippen molar-refractivity contribution in [1.82, 2.24) is 24.8 Å². The average molecular weight is 546 g/mol. The Morgan fingerprint density at radius 1 is 0.923 bits per heavy atom. The van der Waals surface area contributed by atoms with Gasteiger partial charge in [-0.05, 0) is 57.3 Å². The van der Waals surface area contributed by atoms with Crippen LogP contribution >= 0.6 is 0 Å². The zero-order valence-electron chi connectivity index (χ0n) is 23.1. The fourth-order valence-corrected chi connectivity index (χ4v) is 4.90. The molecule has 1 fully saturated rings. The second-order valence-corrected chi connectivity index (χ2v) is 9.82. The number of aromatic nitrogens is 3. The second-order valence-electron chi connectivity index (χ2n) is 9.82. The van der Waals surface area contributed by atoms with E-state index in [9.17, 15) is 9.59 Å². The molecule has 4 bridgehead atoms. The smallest absolute Gasteiger partial charge is 0.360 e. The summed E-state index contributed by atoms with van der Waals surface area (Å²) in [4.78, 5) is 30.4. The molecule has 2 aliphatic rings. The molecule has 214 valence electrons. The van der Waals surface area contributed by atoms with E-state index in [1.807, 2.05) is 0 Å². The highest BCUT2D eigenvalue weighted by atomic mass is 16.5. The summed E-state index contributed by atoms with van der Waals surface area (Å²) < 4.78 is 29.9. The van der Waals surface area contributed by atoms with Crippen LogP contribution in [-0.2, 0) is 16.5 Å². The second kappa shape index (κ2) is 14.1. The SMILES string of the molecule is COc1cc2cc(c1OC)OCCCC(OC(=O)c1cn(C)nn1)CCN1CCCN(CCCOC2=O)CC1. The number of carbonyl (C=O) groups excluding carboxylic acids is 2. The van der Waals surface area contributed by atoms with Crippen molar-refractivity contribution >= 4 is 11.9 Å². The summed E-state index contributed by atoms with van der Waals surface area (Å²) in [7, 11) is 4.74. The van der Waals surface area contributed by atoms with Gasteiger partial charge in [-0.3, -0.25) is 4.68 Å². The van der Waals surface area contributed by atoms with Gasteiger partial charge in [-0.25, -0.2) is 9.59 Å². The van der Waals surface area contributed by atoms with Gasteiger partial charge in [0.15, 0.2) is 17.2 Å². The Kier molecular flexibility index (Phi) is 10.4. The van der Waals surface area contributed by atoms with Gasteiger partial charge >= 0.3 is 11.9 Å². The predicted octanol–water partition coefficient (Wildman–Crippen LogP) is 2.18. The molecule has 4 rings (SSSR count). The van der Waals surface area contributed by atoms with E-state index < -0.39 is 11.9 Å². The fourth-order valence-electron chi connectivity index (χ4n) is 4.90. The van der Waals surface area contributed by atoms with Crippen molar-refractivity contribution in [3.63, 3.8) is 0 Å². The number of carbonyl (C=O) groups is 2. The summed E-state index contributed by atoms with van der Waals surface area (Å²) in [5.41, 5.74) is 0.525. The van der Waals surface area contributed by atoms with E-state index in [0.717, 1.165) is 52.1 Å². The molecule has 1 saturated heterocycles. The Bertz CT molecular complexity index is 1110. The Morgan fingerprint density at radius 3 is 2.38 bits per heavy atom. The van der Waals surface area contributed by atoms with Crippen molar-refractivity contribution in [1.29, 1.82) is 0 Å². The van der Waals surface area contributed by atoms with E-state index >= 15 is 0 Å². The molecule has 0 saturated carbocycles. The van der Waals surface area contributed by atoms with Gasteiger partial charge in [-0.2, -0.15) is 0 Å². The topological polar surface area (TPSA) is 117 Å². The number of fused-ring (bicyclic) bond motifs is 5. The number of cyclic esters (lactones) is 1. The summed E-state index contributed by atoms with van der Waals surface area (Å²) in [6.07, 6.45) is 4.99. The van der Waals surface area contributed by atoms with Crippen molar-refractivity contribution in [3.8, 4) is 17.2 Å². The molecule has 2 aromatic rings. The molecule has 3 unspecified atom stereocenters. The summed E-state index contributed by atoms with van der Waals surface area (Å²) in [5, 5.41) is 7.73. The fraction of sp³-hybridized carbons (Fsp3) is 0.630. The number of hydrogen-bond donors (Lipinski definition) is 0. The first-order chi connectivity index (χ1) is 19.0.